The molecule has 0 spiro atoms. The van der Waals surface area contributed by atoms with Gasteiger partial charge in [-0.2, -0.15) is 0 Å². The first-order chi connectivity index (χ1) is 8.13. The van der Waals surface area contributed by atoms with Gasteiger partial charge in [-0.25, -0.2) is 4.79 Å². The fraction of sp³-hybridized carbons (Fsp3) is 0.818. The first-order valence-electron chi connectivity index (χ1n) is 5.92. The molecule has 1 aliphatic carbocycles. The van der Waals surface area contributed by atoms with Crippen LogP contribution in [0.5, 0.6) is 0 Å². The number of carboxylic acid groups (broad SMARTS) is 1. The summed E-state index contributed by atoms with van der Waals surface area (Å²) in [5.74, 6) is -0.919. The third-order valence-electron chi connectivity index (χ3n) is 2.95. The van der Waals surface area contributed by atoms with Crippen molar-refractivity contribution in [2.75, 3.05) is 13.7 Å². The van der Waals surface area contributed by atoms with Crippen molar-refractivity contribution in [1.82, 2.24) is 10.6 Å². The Morgan fingerprint density at radius 2 is 2.06 bits per heavy atom. The van der Waals surface area contributed by atoms with Crippen molar-refractivity contribution in [3.05, 3.63) is 0 Å². The zero-order valence-corrected chi connectivity index (χ0v) is 10.1. The number of amides is 2. The maximum atomic E-state index is 11.5. The second-order valence-corrected chi connectivity index (χ2v) is 4.21. The number of carbonyl (C=O) groups excluding carboxylic acids is 1. The van der Waals surface area contributed by atoms with E-state index >= 15 is 0 Å². The van der Waals surface area contributed by atoms with Gasteiger partial charge in [0.2, 0.25) is 0 Å². The molecule has 0 aromatic carbocycles. The molecule has 6 heteroatoms. The number of methoxy groups -OCH3 is 1. The monoisotopic (exact) mass is 244 g/mol. The van der Waals surface area contributed by atoms with Gasteiger partial charge in [-0.3, -0.25) is 4.79 Å². The summed E-state index contributed by atoms with van der Waals surface area (Å²) in [5.41, 5.74) is 0. The van der Waals surface area contributed by atoms with Gasteiger partial charge in [0, 0.05) is 13.7 Å². The summed E-state index contributed by atoms with van der Waals surface area (Å²) in [6.07, 6.45) is 4.07. The van der Waals surface area contributed by atoms with E-state index < -0.39 is 5.97 Å². The topological polar surface area (TPSA) is 87.7 Å². The minimum atomic E-state index is -0.919. The predicted molar refractivity (Wildman–Crippen MR) is 61.8 cm³/mol. The van der Waals surface area contributed by atoms with Crippen LogP contribution < -0.4 is 10.6 Å². The Balaban J connectivity index is 2.26. The molecule has 2 atom stereocenters. The van der Waals surface area contributed by atoms with Gasteiger partial charge in [-0.15, -0.1) is 0 Å². The highest BCUT2D eigenvalue weighted by Gasteiger charge is 2.25. The van der Waals surface area contributed by atoms with E-state index in [2.05, 4.69) is 10.6 Å². The van der Waals surface area contributed by atoms with Crippen LogP contribution in [-0.4, -0.2) is 42.9 Å². The lowest BCUT2D eigenvalue weighted by atomic mass is 9.92. The summed E-state index contributed by atoms with van der Waals surface area (Å²) in [7, 11) is 1.65. The van der Waals surface area contributed by atoms with Crippen LogP contribution in [0.15, 0.2) is 0 Å². The molecule has 1 fully saturated rings. The highest BCUT2D eigenvalue weighted by atomic mass is 16.5. The van der Waals surface area contributed by atoms with Crippen LogP contribution in [0.3, 0.4) is 0 Å². The van der Waals surface area contributed by atoms with Gasteiger partial charge in [0.15, 0.2) is 0 Å². The highest BCUT2D eigenvalue weighted by molar-refractivity contribution is 5.75. The second kappa shape index (κ2) is 7.11. The molecular formula is C11H20N2O4. The van der Waals surface area contributed by atoms with Gasteiger partial charge < -0.3 is 20.5 Å². The number of rotatable bonds is 5. The van der Waals surface area contributed by atoms with Crippen molar-refractivity contribution >= 4 is 12.0 Å². The van der Waals surface area contributed by atoms with E-state index in [0.29, 0.717) is 0 Å². The van der Waals surface area contributed by atoms with Crippen LogP contribution in [-0.2, 0) is 9.53 Å². The Hall–Kier alpha value is -1.30. The molecule has 6 nitrogen and oxygen atoms in total. The standard InChI is InChI=1S/C11H20N2O4/c1-17-9-5-3-2-4-8(9)13-11(16)12-7-6-10(14)15/h8-9H,2-7H2,1H3,(H,14,15)(H2,12,13,16). The number of carbonyl (C=O) groups is 2. The molecule has 17 heavy (non-hydrogen) atoms. The molecule has 1 aliphatic rings. The number of carboxylic acids is 1. The van der Waals surface area contributed by atoms with Gasteiger partial charge in [0.05, 0.1) is 18.6 Å². The Kier molecular flexibility index (Phi) is 5.76. The SMILES string of the molecule is COC1CCCCC1NC(=O)NCCC(=O)O. The Morgan fingerprint density at radius 3 is 2.71 bits per heavy atom. The van der Waals surface area contributed by atoms with Gasteiger partial charge in [0.25, 0.3) is 0 Å². The zero-order chi connectivity index (χ0) is 12.7. The summed E-state index contributed by atoms with van der Waals surface area (Å²) in [5, 5.41) is 13.8. The fourth-order valence-corrected chi connectivity index (χ4v) is 2.05. The van der Waals surface area contributed by atoms with Gasteiger partial charge in [0.1, 0.15) is 0 Å². The van der Waals surface area contributed by atoms with Crippen LogP contribution in [0, 0.1) is 0 Å². The van der Waals surface area contributed by atoms with E-state index in [1.54, 1.807) is 7.11 Å². The molecule has 0 aromatic rings. The highest BCUT2D eigenvalue weighted by Crippen LogP contribution is 2.20. The molecule has 1 saturated carbocycles. The molecule has 2 amide bonds. The molecule has 0 aromatic heterocycles. The van der Waals surface area contributed by atoms with E-state index in [-0.39, 0.29) is 31.1 Å². The normalized spacial score (nSPS) is 24.1. The number of nitrogens with one attached hydrogen (secondary N) is 2. The first kappa shape index (κ1) is 13.8. The third-order valence-corrected chi connectivity index (χ3v) is 2.95. The fourth-order valence-electron chi connectivity index (χ4n) is 2.05. The molecule has 0 bridgehead atoms. The lowest BCUT2D eigenvalue weighted by Gasteiger charge is -2.30. The molecule has 1 rings (SSSR count). The molecule has 0 heterocycles. The quantitative estimate of drug-likeness (QED) is 0.665. The third kappa shape index (κ3) is 5.04. The molecule has 2 unspecified atom stereocenters. The molecule has 98 valence electrons. The smallest absolute Gasteiger partial charge is 0.315 e. The molecule has 0 radical (unpaired) electrons. The first-order valence-corrected chi connectivity index (χ1v) is 5.92. The number of hydrogen-bond donors (Lipinski definition) is 3. The summed E-state index contributed by atoms with van der Waals surface area (Å²) >= 11 is 0. The van der Waals surface area contributed by atoms with Crippen molar-refractivity contribution in [3.63, 3.8) is 0 Å². The van der Waals surface area contributed by atoms with Gasteiger partial charge in [-0.05, 0) is 12.8 Å². The zero-order valence-electron chi connectivity index (χ0n) is 10.1. The van der Waals surface area contributed by atoms with Gasteiger partial charge >= 0.3 is 12.0 Å². The summed E-state index contributed by atoms with van der Waals surface area (Å²) in [4.78, 5) is 21.8. The van der Waals surface area contributed by atoms with E-state index in [4.69, 9.17) is 9.84 Å². The largest absolute Gasteiger partial charge is 0.481 e. The van der Waals surface area contributed by atoms with Crippen LogP contribution in [0.4, 0.5) is 4.79 Å². The minimum absolute atomic E-state index is 0.0265. The van der Waals surface area contributed by atoms with Crippen molar-refractivity contribution < 1.29 is 19.4 Å². The summed E-state index contributed by atoms with van der Waals surface area (Å²) in [6.45, 7) is 0.144. The van der Waals surface area contributed by atoms with Crippen molar-refractivity contribution in [2.45, 2.75) is 44.2 Å². The molecule has 3 N–H and O–H groups in total. The predicted octanol–water partition coefficient (Wildman–Crippen LogP) is 0.718. The van der Waals surface area contributed by atoms with Crippen LogP contribution >= 0.6 is 0 Å². The Morgan fingerprint density at radius 1 is 1.35 bits per heavy atom. The molecule has 0 aliphatic heterocycles. The number of hydrogen-bond acceptors (Lipinski definition) is 3. The maximum absolute atomic E-state index is 11.5. The maximum Gasteiger partial charge on any atom is 0.315 e. The van der Waals surface area contributed by atoms with E-state index in [1.165, 1.54) is 0 Å². The Labute approximate surface area is 101 Å². The van der Waals surface area contributed by atoms with E-state index in [0.717, 1.165) is 25.7 Å². The summed E-state index contributed by atoms with van der Waals surface area (Å²) < 4.78 is 5.31. The lowest BCUT2D eigenvalue weighted by Crippen LogP contribution is -2.49. The van der Waals surface area contributed by atoms with Crippen molar-refractivity contribution in [3.8, 4) is 0 Å². The Bertz CT molecular complexity index is 270. The van der Waals surface area contributed by atoms with Crippen LogP contribution in [0.25, 0.3) is 0 Å². The van der Waals surface area contributed by atoms with Crippen molar-refractivity contribution in [2.24, 2.45) is 0 Å². The average molecular weight is 244 g/mol. The molecular weight excluding hydrogens is 224 g/mol. The second-order valence-electron chi connectivity index (χ2n) is 4.21. The van der Waals surface area contributed by atoms with E-state index in [1.807, 2.05) is 0 Å². The number of ether oxygens (including phenoxy) is 1. The molecule has 0 saturated heterocycles. The summed E-state index contributed by atoms with van der Waals surface area (Å²) in [6, 6.07) is -0.293. The van der Waals surface area contributed by atoms with Crippen molar-refractivity contribution in [1.29, 1.82) is 0 Å². The van der Waals surface area contributed by atoms with Crippen LogP contribution in [0.1, 0.15) is 32.1 Å². The van der Waals surface area contributed by atoms with Gasteiger partial charge in [-0.1, -0.05) is 12.8 Å². The lowest BCUT2D eigenvalue weighted by molar-refractivity contribution is -0.136. The number of aliphatic carboxylic acids is 1. The average Bonchev–Trinajstić information content (AvgIpc) is 2.29. The number of urea groups is 1. The van der Waals surface area contributed by atoms with E-state index in [9.17, 15) is 9.59 Å². The minimum Gasteiger partial charge on any atom is -0.481 e. The van der Waals surface area contributed by atoms with Crippen LogP contribution in [0.2, 0.25) is 0 Å².